The first-order chi connectivity index (χ1) is 7.83. The lowest BCUT2D eigenvalue weighted by Crippen LogP contribution is -2.46. The summed E-state index contributed by atoms with van der Waals surface area (Å²) in [4.78, 5) is 0. The van der Waals surface area contributed by atoms with E-state index in [1.807, 2.05) is 0 Å². The maximum Gasteiger partial charge on any atom is 0.0619 e. The first kappa shape index (κ1) is 11.0. The minimum Gasteiger partial charge on any atom is -0.378 e. The first-order valence-electron chi connectivity index (χ1n) is 7.20. The minimum absolute atomic E-state index is 0.588. The predicted octanol–water partition coefficient (Wildman–Crippen LogP) is 2.72. The molecule has 0 amide bonds. The third-order valence-electron chi connectivity index (χ3n) is 4.93. The van der Waals surface area contributed by atoms with Crippen LogP contribution >= 0.6 is 0 Å². The third-order valence-corrected chi connectivity index (χ3v) is 4.93. The van der Waals surface area contributed by atoms with Gasteiger partial charge in [-0.3, -0.25) is 0 Å². The highest BCUT2D eigenvalue weighted by atomic mass is 16.5. The van der Waals surface area contributed by atoms with Crippen molar-refractivity contribution in [1.82, 2.24) is 5.32 Å². The van der Waals surface area contributed by atoms with Gasteiger partial charge < -0.3 is 10.1 Å². The van der Waals surface area contributed by atoms with E-state index in [-0.39, 0.29) is 0 Å². The van der Waals surface area contributed by atoms with Crippen molar-refractivity contribution in [3.8, 4) is 0 Å². The Kier molecular flexibility index (Phi) is 3.21. The number of hydrogen-bond acceptors (Lipinski definition) is 2. The summed E-state index contributed by atoms with van der Waals surface area (Å²) in [7, 11) is 0. The highest BCUT2D eigenvalue weighted by Gasteiger charge is 2.38. The van der Waals surface area contributed by atoms with E-state index < -0.39 is 0 Å². The zero-order valence-corrected chi connectivity index (χ0v) is 10.5. The van der Waals surface area contributed by atoms with E-state index in [1.165, 1.54) is 44.9 Å². The van der Waals surface area contributed by atoms with Gasteiger partial charge in [-0.25, -0.2) is 0 Å². The van der Waals surface area contributed by atoms with Crippen LogP contribution in [-0.4, -0.2) is 24.8 Å². The van der Waals surface area contributed by atoms with Gasteiger partial charge in [0.15, 0.2) is 0 Å². The quantitative estimate of drug-likeness (QED) is 0.777. The molecule has 16 heavy (non-hydrogen) atoms. The average Bonchev–Trinajstić information content (AvgIpc) is 2.87. The molecule has 0 bridgehead atoms. The summed E-state index contributed by atoms with van der Waals surface area (Å²) in [5.41, 5.74) is 0. The van der Waals surface area contributed by atoms with E-state index in [1.54, 1.807) is 0 Å². The standard InChI is InChI=1S/C14H25NO/c1-10-5-6-11(9-10)15-13-3-2-4-14-12(13)7-8-16-14/h10-15H,2-9H2,1H3. The molecule has 1 N–H and O–H groups in total. The lowest BCUT2D eigenvalue weighted by Gasteiger charge is -2.35. The summed E-state index contributed by atoms with van der Waals surface area (Å²) in [6, 6.07) is 1.57. The molecule has 0 aromatic heterocycles. The number of rotatable bonds is 2. The second-order valence-corrected chi connectivity index (χ2v) is 6.18. The number of hydrogen-bond donors (Lipinski definition) is 1. The van der Waals surface area contributed by atoms with Crippen LogP contribution in [0.4, 0.5) is 0 Å². The predicted molar refractivity (Wildman–Crippen MR) is 65.4 cm³/mol. The molecule has 1 saturated heterocycles. The Bertz CT molecular complexity index is 243. The molecule has 5 unspecified atom stereocenters. The third kappa shape index (κ3) is 2.14. The van der Waals surface area contributed by atoms with Crippen molar-refractivity contribution in [2.45, 2.75) is 70.1 Å². The zero-order chi connectivity index (χ0) is 11.0. The van der Waals surface area contributed by atoms with Crippen molar-refractivity contribution in [1.29, 1.82) is 0 Å². The van der Waals surface area contributed by atoms with Gasteiger partial charge in [0.2, 0.25) is 0 Å². The Labute approximate surface area is 99.1 Å². The van der Waals surface area contributed by atoms with Gasteiger partial charge >= 0.3 is 0 Å². The van der Waals surface area contributed by atoms with E-state index in [0.29, 0.717) is 6.10 Å². The van der Waals surface area contributed by atoms with Crippen LogP contribution < -0.4 is 5.32 Å². The lowest BCUT2D eigenvalue weighted by atomic mass is 9.81. The van der Waals surface area contributed by atoms with Crippen LogP contribution in [0.2, 0.25) is 0 Å². The Morgan fingerprint density at radius 2 is 2.00 bits per heavy atom. The van der Waals surface area contributed by atoms with Gasteiger partial charge in [0, 0.05) is 24.6 Å². The minimum atomic E-state index is 0.588. The molecule has 2 heteroatoms. The van der Waals surface area contributed by atoms with Gasteiger partial charge in [-0.05, 0) is 50.9 Å². The molecule has 0 aromatic rings. The van der Waals surface area contributed by atoms with Gasteiger partial charge in [0.1, 0.15) is 0 Å². The van der Waals surface area contributed by atoms with E-state index >= 15 is 0 Å². The fraction of sp³-hybridized carbons (Fsp3) is 1.00. The van der Waals surface area contributed by atoms with Crippen molar-refractivity contribution in [3.05, 3.63) is 0 Å². The summed E-state index contributed by atoms with van der Waals surface area (Å²) in [5.74, 6) is 1.77. The molecule has 3 rings (SSSR count). The fourth-order valence-electron chi connectivity index (χ4n) is 4.04. The molecule has 0 spiro atoms. The molecule has 3 fully saturated rings. The topological polar surface area (TPSA) is 21.3 Å². The Morgan fingerprint density at radius 3 is 2.81 bits per heavy atom. The van der Waals surface area contributed by atoms with E-state index in [2.05, 4.69) is 12.2 Å². The molecule has 0 radical (unpaired) electrons. The number of nitrogens with one attached hydrogen (secondary N) is 1. The zero-order valence-electron chi connectivity index (χ0n) is 10.5. The molecule has 0 aromatic carbocycles. The molecule has 2 saturated carbocycles. The second kappa shape index (κ2) is 4.66. The van der Waals surface area contributed by atoms with Crippen LogP contribution in [0.25, 0.3) is 0 Å². The van der Waals surface area contributed by atoms with Gasteiger partial charge in [0.25, 0.3) is 0 Å². The lowest BCUT2D eigenvalue weighted by molar-refractivity contribution is 0.0511. The van der Waals surface area contributed by atoms with Crippen molar-refractivity contribution >= 4 is 0 Å². The molecule has 1 heterocycles. The van der Waals surface area contributed by atoms with Crippen LogP contribution in [0.1, 0.15) is 51.9 Å². The maximum atomic E-state index is 5.83. The van der Waals surface area contributed by atoms with E-state index in [0.717, 1.165) is 30.5 Å². The highest BCUT2D eigenvalue weighted by Crippen LogP contribution is 2.36. The van der Waals surface area contributed by atoms with Crippen molar-refractivity contribution in [2.75, 3.05) is 6.61 Å². The molecule has 5 atom stereocenters. The molecule has 1 aliphatic heterocycles. The molecule has 3 aliphatic rings. The van der Waals surface area contributed by atoms with Crippen molar-refractivity contribution in [3.63, 3.8) is 0 Å². The molecule has 92 valence electrons. The van der Waals surface area contributed by atoms with E-state index in [4.69, 9.17) is 4.74 Å². The molecular formula is C14H25NO. The summed E-state index contributed by atoms with van der Waals surface area (Å²) in [5, 5.41) is 3.94. The van der Waals surface area contributed by atoms with Gasteiger partial charge in [-0.15, -0.1) is 0 Å². The van der Waals surface area contributed by atoms with E-state index in [9.17, 15) is 0 Å². The molecular weight excluding hydrogens is 198 g/mol. The van der Waals surface area contributed by atoms with Crippen LogP contribution in [0.15, 0.2) is 0 Å². The van der Waals surface area contributed by atoms with Crippen molar-refractivity contribution in [2.24, 2.45) is 11.8 Å². The van der Waals surface area contributed by atoms with Gasteiger partial charge in [-0.1, -0.05) is 6.92 Å². The molecule has 2 nitrogen and oxygen atoms in total. The molecule has 2 aliphatic carbocycles. The number of ether oxygens (including phenoxy) is 1. The van der Waals surface area contributed by atoms with Crippen LogP contribution in [0, 0.1) is 11.8 Å². The normalized spacial score (nSPS) is 48.2. The first-order valence-corrected chi connectivity index (χ1v) is 7.20. The summed E-state index contributed by atoms with van der Waals surface area (Å²) >= 11 is 0. The van der Waals surface area contributed by atoms with Crippen LogP contribution in [-0.2, 0) is 4.74 Å². The smallest absolute Gasteiger partial charge is 0.0619 e. The Balaban J connectivity index is 1.57. The summed E-state index contributed by atoms with van der Waals surface area (Å²) in [6.45, 7) is 3.40. The van der Waals surface area contributed by atoms with Crippen molar-refractivity contribution < 1.29 is 4.74 Å². The van der Waals surface area contributed by atoms with Gasteiger partial charge in [0.05, 0.1) is 6.10 Å². The van der Waals surface area contributed by atoms with Gasteiger partial charge in [-0.2, -0.15) is 0 Å². The highest BCUT2D eigenvalue weighted by molar-refractivity contribution is 4.93. The fourth-order valence-corrected chi connectivity index (χ4v) is 4.04. The maximum absolute atomic E-state index is 5.83. The number of fused-ring (bicyclic) bond motifs is 1. The summed E-state index contributed by atoms with van der Waals surface area (Å²) < 4.78 is 5.83. The second-order valence-electron chi connectivity index (χ2n) is 6.18. The monoisotopic (exact) mass is 223 g/mol. The largest absolute Gasteiger partial charge is 0.378 e. The Hall–Kier alpha value is -0.0800. The SMILES string of the molecule is CC1CCC(NC2CCCC3OCCC23)C1. The average molecular weight is 223 g/mol. The summed E-state index contributed by atoms with van der Waals surface area (Å²) in [6.07, 6.45) is 10.2. The van der Waals surface area contributed by atoms with Crippen LogP contribution in [0.5, 0.6) is 0 Å². The van der Waals surface area contributed by atoms with Crippen LogP contribution in [0.3, 0.4) is 0 Å². The Morgan fingerprint density at radius 1 is 1.06 bits per heavy atom.